The second-order valence-electron chi connectivity index (χ2n) is 8.76. The van der Waals surface area contributed by atoms with E-state index in [1.807, 2.05) is 19.1 Å². The van der Waals surface area contributed by atoms with Gasteiger partial charge < -0.3 is 23.7 Å². The summed E-state index contributed by atoms with van der Waals surface area (Å²) in [6, 6.07) is 8.23. The number of aromatic nitrogens is 1. The summed E-state index contributed by atoms with van der Waals surface area (Å²) >= 11 is 4.78. The minimum atomic E-state index is -0.800. The summed E-state index contributed by atoms with van der Waals surface area (Å²) in [7, 11) is 6.16. The van der Waals surface area contributed by atoms with Gasteiger partial charge in [0.05, 0.1) is 50.8 Å². The third-order valence-corrected chi connectivity index (χ3v) is 7.84. The van der Waals surface area contributed by atoms with Gasteiger partial charge in [-0.3, -0.25) is 9.36 Å². The summed E-state index contributed by atoms with van der Waals surface area (Å²) in [6.45, 7) is 3.95. The summed E-state index contributed by atoms with van der Waals surface area (Å²) < 4.78 is 30.3. The molecule has 0 radical (unpaired) electrons. The lowest BCUT2D eigenvalue weighted by Crippen LogP contribution is -2.40. The van der Waals surface area contributed by atoms with Gasteiger partial charge in [-0.2, -0.15) is 0 Å². The SMILES string of the molecule is CCCC1=C(C(=O)OCC)[C@@H](c2cc(Br)ccc2OC)n2c(s/c(=C/c3cc(OC)c(OC)c(OC)c3)c2=O)=N1. The molecule has 2 aromatic carbocycles. The lowest BCUT2D eigenvalue weighted by Gasteiger charge is -2.27. The number of benzene rings is 2. The number of hydrogen-bond donors (Lipinski definition) is 0. The molecule has 0 spiro atoms. The molecule has 0 saturated carbocycles. The first-order valence-corrected chi connectivity index (χ1v) is 14.3. The van der Waals surface area contributed by atoms with Crippen LogP contribution in [0.15, 0.2) is 55.9 Å². The number of nitrogens with zero attached hydrogens (tertiary/aromatic N) is 2. The molecule has 40 heavy (non-hydrogen) atoms. The van der Waals surface area contributed by atoms with Crippen molar-refractivity contribution < 1.29 is 28.5 Å². The zero-order valence-electron chi connectivity index (χ0n) is 23.2. The molecule has 0 unspecified atom stereocenters. The molecule has 1 atom stereocenters. The van der Waals surface area contributed by atoms with Crippen LogP contribution < -0.4 is 33.8 Å². The first-order valence-electron chi connectivity index (χ1n) is 12.7. The highest BCUT2D eigenvalue weighted by Gasteiger charge is 2.36. The number of halogens is 1. The number of thiazole rings is 1. The van der Waals surface area contributed by atoms with Crippen molar-refractivity contribution in [3.05, 3.63) is 76.9 Å². The molecule has 0 bridgehead atoms. The van der Waals surface area contributed by atoms with Gasteiger partial charge in [0.15, 0.2) is 16.3 Å². The third kappa shape index (κ3) is 5.53. The number of hydrogen-bond acceptors (Lipinski definition) is 9. The lowest BCUT2D eigenvalue weighted by molar-refractivity contribution is -0.139. The summed E-state index contributed by atoms with van der Waals surface area (Å²) in [6.07, 6.45) is 3.04. The van der Waals surface area contributed by atoms with E-state index in [-0.39, 0.29) is 12.2 Å². The van der Waals surface area contributed by atoms with E-state index in [0.717, 1.165) is 10.9 Å². The van der Waals surface area contributed by atoms with Crippen LogP contribution in [0, 0.1) is 0 Å². The number of ether oxygens (including phenoxy) is 5. The van der Waals surface area contributed by atoms with E-state index in [1.54, 1.807) is 42.9 Å². The zero-order chi connectivity index (χ0) is 29.0. The highest BCUT2D eigenvalue weighted by molar-refractivity contribution is 9.10. The Morgan fingerprint density at radius 3 is 2.27 bits per heavy atom. The molecule has 0 N–H and O–H groups in total. The van der Waals surface area contributed by atoms with E-state index in [9.17, 15) is 9.59 Å². The van der Waals surface area contributed by atoms with Gasteiger partial charge in [-0.15, -0.1) is 0 Å². The molecule has 3 aromatic rings. The van der Waals surface area contributed by atoms with Crippen molar-refractivity contribution in [3.63, 3.8) is 0 Å². The van der Waals surface area contributed by atoms with Crippen LogP contribution in [-0.2, 0) is 9.53 Å². The van der Waals surface area contributed by atoms with E-state index < -0.39 is 12.0 Å². The van der Waals surface area contributed by atoms with Crippen LogP contribution in [0.1, 0.15) is 43.9 Å². The molecular formula is C29H31BrN2O7S. The normalized spacial score (nSPS) is 14.9. The number of methoxy groups -OCH3 is 4. The Kier molecular flexibility index (Phi) is 9.36. The Balaban J connectivity index is 2.04. The number of esters is 1. The first kappa shape index (κ1) is 29.4. The van der Waals surface area contributed by atoms with Gasteiger partial charge in [-0.1, -0.05) is 40.6 Å². The molecule has 0 aliphatic carbocycles. The number of allylic oxidation sites excluding steroid dienone is 1. The molecule has 11 heteroatoms. The van der Waals surface area contributed by atoms with E-state index >= 15 is 0 Å². The molecule has 9 nitrogen and oxygen atoms in total. The Morgan fingerprint density at radius 2 is 1.70 bits per heavy atom. The summed E-state index contributed by atoms with van der Waals surface area (Å²) in [5.41, 5.74) is 1.93. The summed E-state index contributed by atoms with van der Waals surface area (Å²) in [4.78, 5) is 32.8. The Labute approximate surface area is 244 Å². The monoisotopic (exact) mass is 630 g/mol. The Bertz CT molecular complexity index is 1620. The molecule has 0 saturated heterocycles. The van der Waals surface area contributed by atoms with Crippen LogP contribution in [0.4, 0.5) is 0 Å². The van der Waals surface area contributed by atoms with Crippen LogP contribution in [0.25, 0.3) is 6.08 Å². The fraction of sp³-hybridized carbons (Fsp3) is 0.345. The van der Waals surface area contributed by atoms with E-state index in [4.69, 9.17) is 28.7 Å². The summed E-state index contributed by atoms with van der Waals surface area (Å²) in [5.74, 6) is 1.40. The Hall–Kier alpha value is -3.57. The average molecular weight is 632 g/mol. The van der Waals surface area contributed by atoms with Gasteiger partial charge in [0, 0.05) is 10.0 Å². The standard InChI is InChI=1S/C29H31BrN2O7S/c1-7-9-19-24(28(34)39-8-2)25(18-15-17(30)10-11-20(18)35-3)32-27(33)23(40-29(32)31-19)14-16-12-21(36-4)26(38-6)22(13-16)37-5/h10-15,25H,7-9H2,1-6H3/b23-14+/t25-/m1/s1. The maximum atomic E-state index is 14.1. The van der Waals surface area contributed by atoms with Gasteiger partial charge >= 0.3 is 5.97 Å². The maximum Gasteiger partial charge on any atom is 0.338 e. The molecule has 0 amide bonds. The Morgan fingerprint density at radius 1 is 1.02 bits per heavy atom. The van der Waals surface area contributed by atoms with Crippen LogP contribution in [0.3, 0.4) is 0 Å². The first-order chi connectivity index (χ1) is 19.3. The molecule has 1 aliphatic heterocycles. The maximum absolute atomic E-state index is 14.1. The number of fused-ring (bicyclic) bond motifs is 1. The van der Waals surface area contributed by atoms with E-state index in [0.29, 0.717) is 61.1 Å². The predicted octanol–water partition coefficient (Wildman–Crippen LogP) is 4.38. The molecule has 1 aliphatic rings. The fourth-order valence-corrected chi connectivity index (χ4v) is 6.07. The van der Waals surface area contributed by atoms with Crippen molar-refractivity contribution in [2.45, 2.75) is 32.7 Å². The van der Waals surface area contributed by atoms with Gasteiger partial charge in [0.25, 0.3) is 5.56 Å². The summed E-state index contributed by atoms with van der Waals surface area (Å²) in [5, 5.41) is 0. The van der Waals surface area contributed by atoms with Crippen LogP contribution >= 0.6 is 27.3 Å². The zero-order valence-corrected chi connectivity index (χ0v) is 25.6. The second kappa shape index (κ2) is 12.7. The highest BCUT2D eigenvalue weighted by atomic mass is 79.9. The van der Waals surface area contributed by atoms with Crippen molar-refractivity contribution in [2.24, 2.45) is 4.99 Å². The van der Waals surface area contributed by atoms with Crippen molar-refractivity contribution >= 4 is 39.3 Å². The number of carbonyl (C=O) groups excluding carboxylic acids is 1. The van der Waals surface area contributed by atoms with Crippen molar-refractivity contribution in [3.8, 4) is 23.0 Å². The molecular weight excluding hydrogens is 600 g/mol. The van der Waals surface area contributed by atoms with Crippen molar-refractivity contribution in [1.29, 1.82) is 0 Å². The topological polar surface area (TPSA) is 97.6 Å². The average Bonchev–Trinajstić information content (AvgIpc) is 3.25. The second-order valence-corrected chi connectivity index (χ2v) is 10.7. The molecule has 1 aromatic heterocycles. The molecule has 4 rings (SSSR count). The largest absolute Gasteiger partial charge is 0.496 e. The van der Waals surface area contributed by atoms with E-state index in [2.05, 4.69) is 15.9 Å². The van der Waals surface area contributed by atoms with Crippen molar-refractivity contribution in [1.82, 2.24) is 4.57 Å². The minimum Gasteiger partial charge on any atom is -0.496 e. The lowest BCUT2D eigenvalue weighted by atomic mass is 9.93. The van der Waals surface area contributed by atoms with Gasteiger partial charge in [-0.25, -0.2) is 9.79 Å². The van der Waals surface area contributed by atoms with Crippen LogP contribution in [-0.4, -0.2) is 45.6 Å². The molecule has 2 heterocycles. The quantitative estimate of drug-likeness (QED) is 0.307. The number of rotatable bonds is 10. The van der Waals surface area contributed by atoms with Crippen LogP contribution in [0.5, 0.6) is 23.0 Å². The van der Waals surface area contributed by atoms with E-state index in [1.165, 1.54) is 32.7 Å². The number of carbonyl (C=O) groups is 1. The van der Waals surface area contributed by atoms with Gasteiger partial charge in [0.2, 0.25) is 5.75 Å². The van der Waals surface area contributed by atoms with Gasteiger partial charge in [0.1, 0.15) is 11.8 Å². The third-order valence-electron chi connectivity index (χ3n) is 6.36. The smallest absolute Gasteiger partial charge is 0.338 e. The minimum absolute atomic E-state index is 0.190. The van der Waals surface area contributed by atoms with Crippen molar-refractivity contribution in [2.75, 3.05) is 35.0 Å². The van der Waals surface area contributed by atoms with Crippen LogP contribution in [0.2, 0.25) is 0 Å². The molecule has 0 fully saturated rings. The fourth-order valence-electron chi connectivity index (χ4n) is 4.67. The molecule has 212 valence electrons. The predicted molar refractivity (Wildman–Crippen MR) is 156 cm³/mol. The van der Waals surface area contributed by atoms with Gasteiger partial charge in [-0.05, 0) is 55.3 Å². The highest BCUT2D eigenvalue weighted by Crippen LogP contribution is 2.39.